The van der Waals surface area contributed by atoms with Crippen LogP contribution in [0.3, 0.4) is 0 Å². The summed E-state index contributed by atoms with van der Waals surface area (Å²) >= 11 is 0. The van der Waals surface area contributed by atoms with Crippen LogP contribution in [0, 0.1) is 0 Å². The summed E-state index contributed by atoms with van der Waals surface area (Å²) in [6.07, 6.45) is 2.33. The number of hydrogen-bond donors (Lipinski definition) is 0. The third-order valence-corrected chi connectivity index (χ3v) is 9.46. The van der Waals surface area contributed by atoms with Gasteiger partial charge in [-0.2, -0.15) is 18.3 Å². The predicted molar refractivity (Wildman–Crippen MR) is 155 cm³/mol. The summed E-state index contributed by atoms with van der Waals surface area (Å²) in [5, 5.41) is 4.69. The van der Waals surface area contributed by atoms with Gasteiger partial charge in [-0.15, -0.1) is 12.4 Å². The highest BCUT2D eigenvalue weighted by atomic mass is 35.5. The second kappa shape index (κ2) is 12.1. The van der Waals surface area contributed by atoms with Gasteiger partial charge >= 0.3 is 12.2 Å². The fraction of sp³-hybridized carbons (Fsp3) is 0.633. The number of urea groups is 1. The van der Waals surface area contributed by atoms with Crippen LogP contribution in [0.2, 0.25) is 0 Å². The van der Waals surface area contributed by atoms with E-state index < -0.39 is 11.7 Å². The first-order valence-electron chi connectivity index (χ1n) is 14.8. The first-order chi connectivity index (χ1) is 19.6. The minimum Gasteiger partial charge on any atom is -0.338 e. The molecule has 0 radical (unpaired) electrons. The molecule has 1 aromatic heterocycles. The SMILES string of the molecule is CN(C)C1CCN(C(=O)N2CCC(n3ncc(C(=O)N4CC[C@@H](c5ccccc5C(F)(F)F)C4)c3C3CC3)CC2)C1.Cl. The summed E-state index contributed by atoms with van der Waals surface area (Å²) in [6.45, 7) is 3.57. The quantitative estimate of drug-likeness (QED) is 0.467. The smallest absolute Gasteiger partial charge is 0.338 e. The van der Waals surface area contributed by atoms with Crippen molar-refractivity contribution in [2.45, 2.75) is 68.6 Å². The van der Waals surface area contributed by atoms with E-state index in [0.29, 0.717) is 37.7 Å². The van der Waals surface area contributed by atoms with Crippen molar-refractivity contribution in [3.05, 3.63) is 52.8 Å². The summed E-state index contributed by atoms with van der Waals surface area (Å²) < 4.78 is 42.9. The number of piperidine rings is 1. The maximum Gasteiger partial charge on any atom is 0.416 e. The van der Waals surface area contributed by atoms with E-state index in [1.807, 2.05) is 14.5 Å². The van der Waals surface area contributed by atoms with E-state index in [9.17, 15) is 22.8 Å². The Morgan fingerprint density at radius 3 is 2.17 bits per heavy atom. The van der Waals surface area contributed by atoms with Crippen molar-refractivity contribution in [2.75, 3.05) is 53.4 Å². The van der Waals surface area contributed by atoms with Gasteiger partial charge < -0.3 is 19.6 Å². The standard InChI is InChI=1S/C30H39F3N6O2.ClH/c1-35(2)23-12-16-38(19-23)29(41)36-14-10-22(11-15-36)39-27(20-7-8-20)25(17-34-39)28(40)37-13-9-21(18-37)24-5-3-4-6-26(24)30(31,32)33;/h3-6,17,20-23H,7-16,18-19H2,1-2H3;1H/t21-,23?;/m1./s1. The maximum atomic E-state index is 13.7. The second-order valence-electron chi connectivity index (χ2n) is 12.3. The lowest BCUT2D eigenvalue weighted by Gasteiger charge is -2.35. The van der Waals surface area contributed by atoms with Gasteiger partial charge in [0, 0.05) is 57.1 Å². The van der Waals surface area contributed by atoms with E-state index in [0.717, 1.165) is 57.0 Å². The lowest BCUT2D eigenvalue weighted by molar-refractivity contribution is -0.138. The van der Waals surface area contributed by atoms with Crippen LogP contribution >= 0.6 is 12.4 Å². The molecule has 3 aliphatic heterocycles. The fourth-order valence-electron chi connectivity index (χ4n) is 6.91. The molecule has 1 unspecified atom stereocenters. The number of alkyl halides is 3. The molecule has 0 bridgehead atoms. The first kappa shape index (κ1) is 30.7. The monoisotopic (exact) mass is 608 g/mol. The molecule has 1 aliphatic carbocycles. The van der Waals surface area contributed by atoms with Gasteiger partial charge in [-0.25, -0.2) is 4.79 Å². The predicted octanol–water partition coefficient (Wildman–Crippen LogP) is 5.22. The lowest BCUT2D eigenvalue weighted by Crippen LogP contribution is -2.47. The highest BCUT2D eigenvalue weighted by Crippen LogP contribution is 2.44. The van der Waals surface area contributed by atoms with Gasteiger partial charge in [0.1, 0.15) is 0 Å². The van der Waals surface area contributed by atoms with Gasteiger partial charge in [-0.05, 0) is 64.3 Å². The number of hydrogen-bond acceptors (Lipinski definition) is 4. The minimum atomic E-state index is -4.42. The molecule has 1 saturated carbocycles. The van der Waals surface area contributed by atoms with Crippen LogP contribution in [0.4, 0.5) is 18.0 Å². The minimum absolute atomic E-state index is 0. The number of aromatic nitrogens is 2. The molecule has 12 heteroatoms. The molecule has 6 rings (SSSR count). The van der Waals surface area contributed by atoms with E-state index in [2.05, 4.69) is 19.0 Å². The van der Waals surface area contributed by atoms with Crippen LogP contribution in [0.5, 0.6) is 0 Å². The third-order valence-electron chi connectivity index (χ3n) is 9.46. The summed E-state index contributed by atoms with van der Waals surface area (Å²) in [5.74, 6) is -0.197. The van der Waals surface area contributed by atoms with Gasteiger partial charge in [0.2, 0.25) is 0 Å². The van der Waals surface area contributed by atoms with Gasteiger partial charge in [0.25, 0.3) is 5.91 Å². The van der Waals surface area contributed by atoms with Crippen LogP contribution in [-0.2, 0) is 6.18 Å². The van der Waals surface area contributed by atoms with Gasteiger partial charge in [0.15, 0.2) is 0 Å². The number of nitrogens with zero attached hydrogens (tertiary/aromatic N) is 6. The largest absolute Gasteiger partial charge is 0.416 e. The Balaban J connectivity index is 0.00000353. The van der Waals surface area contributed by atoms with Crippen molar-refractivity contribution in [1.82, 2.24) is 29.4 Å². The molecule has 0 N–H and O–H groups in total. The number of carbonyl (C=O) groups is 2. The number of carbonyl (C=O) groups excluding carboxylic acids is 2. The molecule has 2 aromatic rings. The summed E-state index contributed by atoms with van der Waals surface area (Å²) in [7, 11) is 4.11. The molecule has 0 spiro atoms. The zero-order chi connectivity index (χ0) is 28.9. The van der Waals surface area contributed by atoms with Gasteiger partial charge in [-0.3, -0.25) is 9.48 Å². The average Bonchev–Trinajstić information content (AvgIpc) is 3.35. The van der Waals surface area contributed by atoms with Crippen LogP contribution in [0.25, 0.3) is 0 Å². The number of halogens is 4. The van der Waals surface area contributed by atoms with E-state index >= 15 is 0 Å². The molecule has 4 heterocycles. The van der Waals surface area contributed by atoms with Crippen LogP contribution in [0.1, 0.15) is 83.6 Å². The first-order valence-corrected chi connectivity index (χ1v) is 14.8. The zero-order valence-electron chi connectivity index (χ0n) is 24.2. The maximum absolute atomic E-state index is 13.7. The van der Waals surface area contributed by atoms with E-state index in [4.69, 9.17) is 5.10 Å². The number of benzene rings is 1. The summed E-state index contributed by atoms with van der Waals surface area (Å²) in [6, 6.07) is 6.35. The molecule has 1 aromatic carbocycles. The fourth-order valence-corrected chi connectivity index (χ4v) is 6.91. The van der Waals surface area contributed by atoms with Crippen molar-refractivity contribution in [2.24, 2.45) is 0 Å². The number of likely N-dealkylation sites (N-methyl/N-ethyl adjacent to an activating group) is 1. The Morgan fingerprint density at radius 1 is 0.857 bits per heavy atom. The molecule has 3 saturated heterocycles. The molecule has 8 nitrogen and oxygen atoms in total. The molecule has 42 heavy (non-hydrogen) atoms. The van der Waals surface area contributed by atoms with Crippen LogP contribution in [-0.4, -0.2) is 101 Å². The third kappa shape index (κ3) is 6.00. The van der Waals surface area contributed by atoms with Crippen molar-refractivity contribution in [1.29, 1.82) is 0 Å². The Hall–Kier alpha value is -2.79. The topological polar surface area (TPSA) is 64.9 Å². The molecule has 2 atom stereocenters. The molecule has 230 valence electrons. The van der Waals surface area contributed by atoms with Crippen LogP contribution in [0.15, 0.2) is 30.5 Å². The normalized spacial score (nSPS) is 23.5. The molecule has 4 aliphatic rings. The Labute approximate surface area is 251 Å². The highest BCUT2D eigenvalue weighted by molar-refractivity contribution is 5.95. The van der Waals surface area contributed by atoms with Crippen molar-refractivity contribution in [3.63, 3.8) is 0 Å². The average molecular weight is 609 g/mol. The van der Waals surface area contributed by atoms with Crippen molar-refractivity contribution >= 4 is 24.3 Å². The summed E-state index contributed by atoms with van der Waals surface area (Å²) in [5.41, 5.74) is 1.20. The number of rotatable bonds is 5. The molecular formula is C30H40ClF3N6O2. The Kier molecular flexibility index (Phi) is 8.81. The Bertz CT molecular complexity index is 1290. The molecule has 3 amide bonds. The zero-order valence-corrected chi connectivity index (χ0v) is 25.0. The van der Waals surface area contributed by atoms with Crippen molar-refractivity contribution < 1.29 is 22.8 Å². The van der Waals surface area contributed by atoms with Crippen LogP contribution < -0.4 is 0 Å². The van der Waals surface area contributed by atoms with E-state index in [1.54, 1.807) is 17.2 Å². The van der Waals surface area contributed by atoms with Gasteiger partial charge in [0.05, 0.1) is 29.1 Å². The van der Waals surface area contributed by atoms with Crippen molar-refractivity contribution in [3.8, 4) is 0 Å². The molecular weight excluding hydrogens is 569 g/mol. The highest BCUT2D eigenvalue weighted by Gasteiger charge is 2.41. The van der Waals surface area contributed by atoms with Gasteiger partial charge in [-0.1, -0.05) is 18.2 Å². The van der Waals surface area contributed by atoms with E-state index in [1.165, 1.54) is 12.1 Å². The molecule has 4 fully saturated rings. The number of amides is 3. The second-order valence-corrected chi connectivity index (χ2v) is 12.3. The Morgan fingerprint density at radius 2 is 1.52 bits per heavy atom. The van der Waals surface area contributed by atoms with E-state index in [-0.39, 0.29) is 54.3 Å². The number of likely N-dealkylation sites (tertiary alicyclic amines) is 3. The summed E-state index contributed by atoms with van der Waals surface area (Å²) in [4.78, 5) is 34.6. The lowest BCUT2D eigenvalue weighted by atomic mass is 9.93.